The lowest BCUT2D eigenvalue weighted by molar-refractivity contribution is -0.121. The standard InChI is InChI=1S/C20H16ClFN6O/c1-23-19(29)11-28-20-16(5-7-25-18(20)10-26-28)27-13-4-6-24-17(9-13)14-8-12(21)2-3-15(14)22/h2-10H,11H2,1H3,(H,23,29)(H,24,25,27). The first-order chi connectivity index (χ1) is 14.0. The van der Waals surface area contributed by atoms with Crippen LogP contribution in [-0.4, -0.2) is 32.7 Å². The number of benzene rings is 1. The maximum absolute atomic E-state index is 14.2. The lowest BCUT2D eigenvalue weighted by Gasteiger charge is -2.11. The van der Waals surface area contributed by atoms with E-state index in [0.29, 0.717) is 38.7 Å². The highest BCUT2D eigenvalue weighted by atomic mass is 35.5. The number of carbonyl (C=O) groups is 1. The molecule has 0 fully saturated rings. The van der Waals surface area contributed by atoms with Crippen molar-refractivity contribution in [3.8, 4) is 11.3 Å². The lowest BCUT2D eigenvalue weighted by atomic mass is 10.1. The number of halogens is 2. The Labute approximate surface area is 170 Å². The number of anilines is 2. The van der Waals surface area contributed by atoms with Crippen molar-refractivity contribution in [2.24, 2.45) is 0 Å². The summed E-state index contributed by atoms with van der Waals surface area (Å²) in [5.41, 5.74) is 3.48. The molecule has 0 unspecified atom stereocenters. The Kier molecular flexibility index (Phi) is 5.09. The van der Waals surface area contributed by atoms with Gasteiger partial charge in [-0.15, -0.1) is 0 Å². The molecule has 4 rings (SSSR count). The number of nitrogens with zero attached hydrogens (tertiary/aromatic N) is 4. The van der Waals surface area contributed by atoms with Crippen molar-refractivity contribution in [3.05, 3.63) is 65.8 Å². The molecule has 0 aliphatic rings. The smallest absolute Gasteiger partial charge is 0.241 e. The maximum atomic E-state index is 14.2. The van der Waals surface area contributed by atoms with Gasteiger partial charge in [0.15, 0.2) is 0 Å². The number of nitrogens with one attached hydrogen (secondary N) is 2. The fourth-order valence-electron chi connectivity index (χ4n) is 2.96. The van der Waals surface area contributed by atoms with Gasteiger partial charge >= 0.3 is 0 Å². The molecule has 0 aliphatic carbocycles. The predicted molar refractivity (Wildman–Crippen MR) is 110 cm³/mol. The predicted octanol–water partition coefficient (Wildman–Crippen LogP) is 3.78. The van der Waals surface area contributed by atoms with Crippen LogP contribution < -0.4 is 10.6 Å². The molecule has 0 radical (unpaired) electrons. The molecule has 4 aromatic rings. The molecule has 0 saturated heterocycles. The summed E-state index contributed by atoms with van der Waals surface area (Å²) >= 11 is 6.00. The fourth-order valence-corrected chi connectivity index (χ4v) is 3.13. The minimum Gasteiger partial charge on any atom is -0.358 e. The van der Waals surface area contributed by atoms with Gasteiger partial charge in [0, 0.05) is 35.7 Å². The van der Waals surface area contributed by atoms with E-state index in [4.69, 9.17) is 11.6 Å². The average Bonchev–Trinajstić information content (AvgIpc) is 3.13. The van der Waals surface area contributed by atoms with Gasteiger partial charge in [-0.3, -0.25) is 19.4 Å². The van der Waals surface area contributed by atoms with Gasteiger partial charge in [-0.1, -0.05) is 11.6 Å². The highest BCUT2D eigenvalue weighted by Crippen LogP contribution is 2.29. The summed E-state index contributed by atoms with van der Waals surface area (Å²) in [6, 6.07) is 9.60. The monoisotopic (exact) mass is 410 g/mol. The molecule has 9 heteroatoms. The largest absolute Gasteiger partial charge is 0.358 e. The summed E-state index contributed by atoms with van der Waals surface area (Å²) in [5, 5.41) is 10.5. The number of hydrogen-bond acceptors (Lipinski definition) is 5. The Morgan fingerprint density at radius 1 is 1.17 bits per heavy atom. The summed E-state index contributed by atoms with van der Waals surface area (Å²) in [6.45, 7) is 0.0652. The number of aromatic nitrogens is 4. The first kappa shape index (κ1) is 18.8. The SMILES string of the molecule is CNC(=O)Cn1ncc2nccc(Nc3ccnc(-c4cc(Cl)ccc4F)c3)c21. The van der Waals surface area contributed by atoms with E-state index in [0.717, 1.165) is 0 Å². The number of carbonyl (C=O) groups excluding carboxylic acids is 1. The third-order valence-corrected chi connectivity index (χ3v) is 4.58. The highest BCUT2D eigenvalue weighted by molar-refractivity contribution is 6.30. The Morgan fingerprint density at radius 2 is 2.00 bits per heavy atom. The second kappa shape index (κ2) is 7.84. The van der Waals surface area contributed by atoms with Crippen LogP contribution in [0.1, 0.15) is 0 Å². The van der Waals surface area contributed by atoms with E-state index in [2.05, 4.69) is 25.7 Å². The summed E-state index contributed by atoms with van der Waals surface area (Å²) in [4.78, 5) is 20.3. The Balaban J connectivity index is 1.71. The second-order valence-corrected chi connectivity index (χ2v) is 6.68. The quantitative estimate of drug-likeness (QED) is 0.523. The molecule has 0 atom stereocenters. The van der Waals surface area contributed by atoms with E-state index in [1.807, 2.05) is 0 Å². The van der Waals surface area contributed by atoms with E-state index in [-0.39, 0.29) is 12.5 Å². The van der Waals surface area contributed by atoms with E-state index in [9.17, 15) is 9.18 Å². The van der Waals surface area contributed by atoms with Crippen LogP contribution in [0.25, 0.3) is 22.3 Å². The van der Waals surface area contributed by atoms with Gasteiger partial charge in [-0.2, -0.15) is 5.10 Å². The van der Waals surface area contributed by atoms with Crippen LogP contribution in [0.4, 0.5) is 15.8 Å². The minimum atomic E-state index is -0.408. The lowest BCUT2D eigenvalue weighted by Crippen LogP contribution is -2.24. The zero-order valence-corrected chi connectivity index (χ0v) is 16.1. The molecule has 146 valence electrons. The van der Waals surface area contributed by atoms with Crippen molar-refractivity contribution in [1.29, 1.82) is 0 Å². The third kappa shape index (κ3) is 3.88. The van der Waals surface area contributed by atoms with E-state index >= 15 is 0 Å². The number of amides is 1. The Bertz CT molecular complexity index is 1210. The van der Waals surface area contributed by atoms with Gasteiger partial charge in [0.1, 0.15) is 23.4 Å². The van der Waals surface area contributed by atoms with Crippen LogP contribution in [-0.2, 0) is 11.3 Å². The number of likely N-dealkylation sites (N-methyl/N-ethyl adjacent to an activating group) is 1. The third-order valence-electron chi connectivity index (χ3n) is 4.35. The molecule has 0 bridgehead atoms. The first-order valence-corrected chi connectivity index (χ1v) is 9.12. The van der Waals surface area contributed by atoms with E-state index in [1.165, 1.54) is 18.2 Å². The van der Waals surface area contributed by atoms with Crippen LogP contribution in [0.2, 0.25) is 5.02 Å². The Hall–Kier alpha value is -3.52. The minimum absolute atomic E-state index is 0.0652. The number of hydrogen-bond donors (Lipinski definition) is 2. The second-order valence-electron chi connectivity index (χ2n) is 6.25. The molecule has 29 heavy (non-hydrogen) atoms. The molecule has 1 aromatic carbocycles. The molecule has 0 saturated carbocycles. The number of fused-ring (bicyclic) bond motifs is 1. The van der Waals surface area contributed by atoms with Crippen LogP contribution >= 0.6 is 11.6 Å². The van der Waals surface area contributed by atoms with Gasteiger partial charge in [0.2, 0.25) is 5.91 Å². The molecule has 0 aliphatic heterocycles. The van der Waals surface area contributed by atoms with Crippen LogP contribution in [0.3, 0.4) is 0 Å². The molecule has 3 aromatic heterocycles. The van der Waals surface area contributed by atoms with E-state index in [1.54, 1.807) is 48.5 Å². The van der Waals surface area contributed by atoms with Crippen molar-refractivity contribution in [2.75, 3.05) is 12.4 Å². The molecule has 1 amide bonds. The number of pyridine rings is 2. The zero-order valence-electron chi connectivity index (χ0n) is 15.4. The highest BCUT2D eigenvalue weighted by Gasteiger charge is 2.13. The fraction of sp³-hybridized carbons (Fsp3) is 0.100. The molecule has 3 heterocycles. The molecule has 2 N–H and O–H groups in total. The maximum Gasteiger partial charge on any atom is 0.241 e. The van der Waals surface area contributed by atoms with Gasteiger partial charge in [-0.05, 0) is 36.4 Å². The zero-order chi connectivity index (χ0) is 20.4. The summed E-state index contributed by atoms with van der Waals surface area (Å²) in [5.74, 6) is -0.582. The Morgan fingerprint density at radius 3 is 2.83 bits per heavy atom. The van der Waals surface area contributed by atoms with Crippen molar-refractivity contribution < 1.29 is 9.18 Å². The van der Waals surface area contributed by atoms with Gasteiger partial charge in [-0.25, -0.2) is 4.39 Å². The van der Waals surface area contributed by atoms with Crippen LogP contribution in [0.15, 0.2) is 55.0 Å². The van der Waals surface area contributed by atoms with Crippen molar-refractivity contribution in [3.63, 3.8) is 0 Å². The van der Waals surface area contributed by atoms with Crippen molar-refractivity contribution >= 4 is 39.9 Å². The summed E-state index contributed by atoms with van der Waals surface area (Å²) in [7, 11) is 1.57. The summed E-state index contributed by atoms with van der Waals surface area (Å²) < 4.78 is 15.8. The van der Waals surface area contributed by atoms with Gasteiger partial charge in [0.05, 0.1) is 17.6 Å². The average molecular weight is 411 g/mol. The summed E-state index contributed by atoms with van der Waals surface area (Å²) in [6.07, 6.45) is 4.83. The van der Waals surface area contributed by atoms with Gasteiger partial charge < -0.3 is 10.6 Å². The molecule has 7 nitrogen and oxygen atoms in total. The first-order valence-electron chi connectivity index (χ1n) is 8.75. The molecule has 0 spiro atoms. The van der Waals surface area contributed by atoms with E-state index < -0.39 is 5.82 Å². The van der Waals surface area contributed by atoms with Crippen LogP contribution in [0, 0.1) is 5.82 Å². The normalized spacial score (nSPS) is 10.9. The molecular weight excluding hydrogens is 395 g/mol. The van der Waals surface area contributed by atoms with Crippen molar-refractivity contribution in [1.82, 2.24) is 25.1 Å². The number of rotatable bonds is 5. The topological polar surface area (TPSA) is 84.7 Å². The van der Waals surface area contributed by atoms with Crippen molar-refractivity contribution in [2.45, 2.75) is 6.54 Å². The molecular formula is C20H16ClFN6O. The van der Waals surface area contributed by atoms with Gasteiger partial charge in [0.25, 0.3) is 0 Å². The van der Waals surface area contributed by atoms with Crippen LogP contribution in [0.5, 0.6) is 0 Å².